The molecular weight excluding hydrogens is 334 g/mol. The predicted octanol–water partition coefficient (Wildman–Crippen LogP) is 0.756. The molecule has 1 aromatic carbocycles. The van der Waals surface area contributed by atoms with E-state index in [1.54, 1.807) is 24.3 Å². The number of carbonyl (C=O) groups is 3. The summed E-state index contributed by atoms with van der Waals surface area (Å²) in [5.74, 6) is -0.614. The monoisotopic (exact) mass is 359 g/mol. The molecule has 2 aliphatic heterocycles. The molecule has 7 nitrogen and oxygen atoms in total. The number of nitrogens with one attached hydrogen (secondary N) is 1. The highest BCUT2D eigenvalue weighted by Crippen LogP contribution is 2.21. The molecule has 0 spiro atoms. The zero-order valence-corrected chi connectivity index (χ0v) is 15.2. The quantitative estimate of drug-likeness (QED) is 0.759. The third kappa shape index (κ3) is 4.11. The van der Waals surface area contributed by atoms with Crippen LogP contribution in [-0.4, -0.2) is 73.0 Å². The van der Waals surface area contributed by atoms with Crippen LogP contribution in [0.15, 0.2) is 24.3 Å². The molecule has 0 bridgehead atoms. The Hall–Kier alpha value is -2.25. The van der Waals surface area contributed by atoms with E-state index in [0.717, 1.165) is 24.5 Å². The van der Waals surface area contributed by atoms with Crippen LogP contribution in [0.5, 0.6) is 0 Å². The van der Waals surface area contributed by atoms with E-state index in [1.807, 2.05) is 0 Å². The van der Waals surface area contributed by atoms with E-state index < -0.39 is 11.8 Å². The molecule has 3 rings (SSSR count). The van der Waals surface area contributed by atoms with E-state index in [1.165, 1.54) is 0 Å². The van der Waals surface area contributed by atoms with E-state index in [-0.39, 0.29) is 18.6 Å². The number of benzene rings is 1. The van der Waals surface area contributed by atoms with Crippen LogP contribution in [0.4, 0.5) is 0 Å². The highest BCUT2D eigenvalue weighted by molar-refractivity contribution is 6.22. The molecule has 0 radical (unpaired) electrons. The fourth-order valence-electron chi connectivity index (χ4n) is 3.40. The lowest BCUT2D eigenvalue weighted by Gasteiger charge is -2.34. The van der Waals surface area contributed by atoms with E-state index in [9.17, 15) is 14.4 Å². The summed E-state index contributed by atoms with van der Waals surface area (Å²) in [5.41, 5.74) is 0.704. The van der Waals surface area contributed by atoms with Gasteiger partial charge in [0.05, 0.1) is 23.8 Å². The highest BCUT2D eigenvalue weighted by Gasteiger charge is 2.36. The Balaban J connectivity index is 1.49. The molecule has 2 heterocycles. The standard InChI is InChI=1S/C19H25N3O4/c1-13(2)10-21-7-8-26-14(11-21)9-20-17(23)12-22-18(24)15-5-3-4-6-16(15)19(22)25/h3-6,13-14H,7-12H2,1-2H3,(H,20,23)/t14-/m0/s1. The number of imide groups is 1. The van der Waals surface area contributed by atoms with E-state index >= 15 is 0 Å². The molecule has 3 amide bonds. The molecule has 7 heteroatoms. The molecule has 1 fully saturated rings. The molecular formula is C19H25N3O4. The Labute approximate surface area is 153 Å². The van der Waals surface area contributed by atoms with Crippen molar-refractivity contribution in [2.45, 2.75) is 20.0 Å². The molecule has 140 valence electrons. The fourth-order valence-corrected chi connectivity index (χ4v) is 3.40. The van der Waals surface area contributed by atoms with Gasteiger partial charge in [0.1, 0.15) is 6.54 Å². The molecule has 1 atom stereocenters. The van der Waals surface area contributed by atoms with Crippen LogP contribution in [0.3, 0.4) is 0 Å². The Kier molecular flexibility index (Phi) is 5.68. The largest absolute Gasteiger partial charge is 0.374 e. The summed E-state index contributed by atoms with van der Waals surface area (Å²) >= 11 is 0. The maximum absolute atomic E-state index is 12.3. The van der Waals surface area contributed by atoms with Crippen molar-refractivity contribution in [2.75, 3.05) is 39.3 Å². The number of fused-ring (bicyclic) bond motifs is 1. The maximum Gasteiger partial charge on any atom is 0.262 e. The lowest BCUT2D eigenvalue weighted by molar-refractivity contribution is -0.122. The lowest BCUT2D eigenvalue weighted by Crippen LogP contribution is -2.49. The van der Waals surface area contributed by atoms with Crippen LogP contribution < -0.4 is 5.32 Å². The molecule has 1 N–H and O–H groups in total. The summed E-state index contributed by atoms with van der Waals surface area (Å²) < 4.78 is 5.70. The number of amides is 3. The van der Waals surface area contributed by atoms with Crippen LogP contribution in [0.25, 0.3) is 0 Å². The second kappa shape index (κ2) is 7.97. The minimum absolute atomic E-state index is 0.0753. The summed E-state index contributed by atoms with van der Waals surface area (Å²) in [4.78, 5) is 40.1. The van der Waals surface area contributed by atoms with Crippen LogP contribution in [-0.2, 0) is 9.53 Å². The number of hydrogen-bond acceptors (Lipinski definition) is 5. The summed E-state index contributed by atoms with van der Waals surface area (Å²) in [6.07, 6.45) is -0.0753. The van der Waals surface area contributed by atoms with Crippen molar-refractivity contribution in [3.8, 4) is 0 Å². The average Bonchev–Trinajstić information content (AvgIpc) is 2.85. The van der Waals surface area contributed by atoms with Gasteiger partial charge in [-0.05, 0) is 18.1 Å². The smallest absolute Gasteiger partial charge is 0.262 e. The van der Waals surface area contributed by atoms with E-state index in [2.05, 4.69) is 24.1 Å². The summed E-state index contributed by atoms with van der Waals surface area (Å²) in [6, 6.07) is 6.62. The van der Waals surface area contributed by atoms with Crippen molar-refractivity contribution < 1.29 is 19.1 Å². The van der Waals surface area contributed by atoms with Gasteiger partial charge in [-0.1, -0.05) is 26.0 Å². The Morgan fingerprint density at radius 3 is 2.50 bits per heavy atom. The first-order chi connectivity index (χ1) is 12.5. The van der Waals surface area contributed by atoms with Gasteiger partial charge in [0, 0.05) is 26.2 Å². The number of carbonyl (C=O) groups excluding carboxylic acids is 3. The van der Waals surface area contributed by atoms with Gasteiger partial charge in [0.25, 0.3) is 11.8 Å². The second-order valence-corrected chi connectivity index (χ2v) is 7.19. The van der Waals surface area contributed by atoms with Gasteiger partial charge in [0.2, 0.25) is 5.91 Å². The number of nitrogens with zero attached hydrogens (tertiary/aromatic N) is 2. The third-order valence-corrected chi connectivity index (χ3v) is 4.55. The Morgan fingerprint density at radius 2 is 1.88 bits per heavy atom. The van der Waals surface area contributed by atoms with Gasteiger partial charge in [-0.2, -0.15) is 0 Å². The lowest BCUT2D eigenvalue weighted by atomic mass is 10.1. The first kappa shape index (κ1) is 18.5. The van der Waals surface area contributed by atoms with Gasteiger partial charge in [0.15, 0.2) is 0 Å². The second-order valence-electron chi connectivity index (χ2n) is 7.19. The molecule has 2 aliphatic rings. The van der Waals surface area contributed by atoms with Crippen molar-refractivity contribution in [1.29, 1.82) is 0 Å². The van der Waals surface area contributed by atoms with Gasteiger partial charge < -0.3 is 10.1 Å². The zero-order chi connectivity index (χ0) is 18.7. The van der Waals surface area contributed by atoms with Gasteiger partial charge >= 0.3 is 0 Å². The van der Waals surface area contributed by atoms with Crippen LogP contribution in [0.1, 0.15) is 34.6 Å². The van der Waals surface area contributed by atoms with Crippen molar-refractivity contribution in [3.05, 3.63) is 35.4 Å². The van der Waals surface area contributed by atoms with Gasteiger partial charge in [-0.3, -0.25) is 24.2 Å². The zero-order valence-electron chi connectivity index (χ0n) is 15.2. The summed E-state index contributed by atoms with van der Waals surface area (Å²) in [7, 11) is 0. The molecule has 1 aromatic rings. The first-order valence-electron chi connectivity index (χ1n) is 9.01. The fraction of sp³-hybridized carbons (Fsp3) is 0.526. The highest BCUT2D eigenvalue weighted by atomic mass is 16.5. The summed E-state index contributed by atoms with van der Waals surface area (Å²) in [5, 5.41) is 2.78. The Morgan fingerprint density at radius 1 is 1.23 bits per heavy atom. The SMILES string of the molecule is CC(C)CN1CCO[C@@H](CNC(=O)CN2C(=O)c3ccccc3C2=O)C1. The van der Waals surface area contributed by atoms with Crippen molar-refractivity contribution in [1.82, 2.24) is 15.1 Å². The number of ether oxygens (including phenoxy) is 1. The molecule has 0 unspecified atom stereocenters. The van der Waals surface area contributed by atoms with Gasteiger partial charge in [-0.25, -0.2) is 0 Å². The molecule has 0 saturated carbocycles. The number of morpholine rings is 1. The minimum Gasteiger partial charge on any atom is -0.374 e. The topological polar surface area (TPSA) is 79.0 Å². The normalized spacial score (nSPS) is 20.6. The average molecular weight is 359 g/mol. The third-order valence-electron chi connectivity index (χ3n) is 4.55. The van der Waals surface area contributed by atoms with Crippen molar-refractivity contribution in [3.63, 3.8) is 0 Å². The maximum atomic E-state index is 12.3. The predicted molar refractivity (Wildman–Crippen MR) is 95.8 cm³/mol. The molecule has 26 heavy (non-hydrogen) atoms. The molecule has 0 aliphatic carbocycles. The van der Waals surface area contributed by atoms with Crippen molar-refractivity contribution >= 4 is 17.7 Å². The van der Waals surface area contributed by atoms with Gasteiger partial charge in [-0.15, -0.1) is 0 Å². The summed E-state index contributed by atoms with van der Waals surface area (Å²) in [6.45, 7) is 7.77. The minimum atomic E-state index is -0.419. The van der Waals surface area contributed by atoms with E-state index in [0.29, 0.717) is 30.2 Å². The Bertz CT molecular complexity index is 669. The van der Waals surface area contributed by atoms with Crippen LogP contribution in [0.2, 0.25) is 0 Å². The van der Waals surface area contributed by atoms with Crippen molar-refractivity contribution in [2.24, 2.45) is 5.92 Å². The first-order valence-corrected chi connectivity index (χ1v) is 9.01. The van der Waals surface area contributed by atoms with Crippen LogP contribution in [0, 0.1) is 5.92 Å². The van der Waals surface area contributed by atoms with Crippen LogP contribution >= 0.6 is 0 Å². The number of hydrogen-bond donors (Lipinski definition) is 1. The van der Waals surface area contributed by atoms with E-state index in [4.69, 9.17) is 4.74 Å². The molecule has 1 saturated heterocycles. The molecule has 0 aromatic heterocycles. The number of rotatable bonds is 6.